The first-order chi connectivity index (χ1) is 2.81. The van der Waals surface area contributed by atoms with Gasteiger partial charge in [-0.25, -0.2) is 0 Å². The van der Waals surface area contributed by atoms with Crippen molar-refractivity contribution >= 4 is 12.6 Å². The molecule has 0 saturated carbocycles. The zero-order valence-electron chi connectivity index (χ0n) is 4.04. The second kappa shape index (κ2) is 6.89. The summed E-state index contributed by atoms with van der Waals surface area (Å²) in [6, 6.07) is 0. The largest absolute Gasteiger partial charge is 0.394 e. The van der Waals surface area contributed by atoms with Gasteiger partial charge in [0.25, 0.3) is 0 Å². The summed E-state index contributed by atoms with van der Waals surface area (Å²) >= 11 is 3.69. The summed E-state index contributed by atoms with van der Waals surface area (Å²) in [5, 5.41) is 16.4. The van der Waals surface area contributed by atoms with Crippen LogP contribution in [0, 0.1) is 0 Å². The van der Waals surface area contributed by atoms with Gasteiger partial charge < -0.3 is 10.2 Å². The average molecular weight is 174 g/mol. The van der Waals surface area contributed by atoms with Crippen molar-refractivity contribution in [2.45, 2.75) is 6.10 Å². The van der Waals surface area contributed by atoms with Crippen LogP contribution in [0.2, 0.25) is 0 Å². The van der Waals surface area contributed by atoms with E-state index in [0.717, 1.165) is 0 Å². The first-order valence-electron chi connectivity index (χ1n) is 1.71. The minimum Gasteiger partial charge on any atom is -0.394 e. The topological polar surface area (TPSA) is 40.5 Å². The monoisotopic (exact) mass is 172 g/mol. The van der Waals surface area contributed by atoms with Crippen LogP contribution in [-0.4, -0.2) is 28.7 Å². The molecule has 0 amide bonds. The Kier molecular flexibility index (Phi) is 10.6. The number of rotatable bonds is 2. The van der Waals surface area contributed by atoms with E-state index in [-0.39, 0.29) is 26.1 Å². The molecule has 0 aromatic heterocycles. The van der Waals surface area contributed by atoms with E-state index in [9.17, 15) is 0 Å². The molecule has 0 spiro atoms. The minimum absolute atomic E-state index is 0. The maximum absolute atomic E-state index is 8.34. The van der Waals surface area contributed by atoms with Crippen LogP contribution in [0.1, 0.15) is 0 Å². The quantitative estimate of drug-likeness (QED) is 0.381. The first kappa shape index (κ1) is 10.8. The zero-order valence-corrected chi connectivity index (χ0v) is 7.90. The van der Waals surface area contributed by atoms with Gasteiger partial charge in [-0.3, -0.25) is 0 Å². The molecule has 0 saturated heterocycles. The molecule has 0 radical (unpaired) electrons. The molecule has 4 heteroatoms. The molecule has 0 aliphatic rings. The Morgan fingerprint density at radius 3 is 2.00 bits per heavy atom. The van der Waals surface area contributed by atoms with E-state index in [4.69, 9.17) is 10.2 Å². The Labute approximate surface area is 61.1 Å². The van der Waals surface area contributed by atoms with E-state index in [2.05, 4.69) is 12.6 Å². The van der Waals surface area contributed by atoms with Crippen LogP contribution in [0.4, 0.5) is 0 Å². The Hall–Kier alpha value is 0.893. The van der Waals surface area contributed by atoms with Crippen molar-refractivity contribution in [3.63, 3.8) is 0 Å². The second-order valence-electron chi connectivity index (χ2n) is 1.02. The Bertz CT molecular complexity index is 32.1. The van der Waals surface area contributed by atoms with Gasteiger partial charge in [0, 0.05) is 25.2 Å². The predicted octanol–water partition coefficient (Wildman–Crippen LogP) is -0.733. The van der Waals surface area contributed by atoms with Crippen LogP contribution in [0.25, 0.3) is 0 Å². The van der Waals surface area contributed by atoms with Crippen molar-refractivity contribution in [2.24, 2.45) is 0 Å². The van der Waals surface area contributed by atoms with Gasteiger partial charge in [-0.15, -0.1) is 0 Å². The smallest absolute Gasteiger partial charge is 0.0858 e. The standard InChI is InChI=1S/C3H8O2S.Zn/c4-1-3(5)2-6;/h3-6H,1-2H2;. The van der Waals surface area contributed by atoms with Gasteiger partial charge in [-0.1, -0.05) is 0 Å². The van der Waals surface area contributed by atoms with Crippen molar-refractivity contribution in [3.8, 4) is 0 Å². The van der Waals surface area contributed by atoms with E-state index in [1.54, 1.807) is 0 Å². The molecule has 1 atom stereocenters. The Morgan fingerprint density at radius 1 is 1.57 bits per heavy atom. The van der Waals surface area contributed by atoms with Crippen LogP contribution < -0.4 is 0 Å². The summed E-state index contributed by atoms with van der Waals surface area (Å²) in [6.07, 6.45) is -0.645. The molecule has 0 rings (SSSR count). The molecule has 0 heterocycles. The molecular weight excluding hydrogens is 165 g/mol. The van der Waals surface area contributed by atoms with E-state index in [1.165, 1.54) is 0 Å². The summed E-state index contributed by atoms with van der Waals surface area (Å²) in [4.78, 5) is 0. The molecular formula is C3H8O2SZn. The summed E-state index contributed by atoms with van der Waals surface area (Å²) < 4.78 is 0. The fourth-order valence-corrected chi connectivity index (χ4v) is 0.173. The maximum atomic E-state index is 8.34. The summed E-state index contributed by atoms with van der Waals surface area (Å²) in [5.74, 6) is 0.330. The fourth-order valence-electron chi connectivity index (χ4n) is 0.0577. The van der Waals surface area contributed by atoms with E-state index >= 15 is 0 Å². The van der Waals surface area contributed by atoms with E-state index in [1.807, 2.05) is 0 Å². The SMILES string of the molecule is OCC(O)CS.[Zn]. The Morgan fingerprint density at radius 2 is 2.00 bits per heavy atom. The van der Waals surface area contributed by atoms with E-state index in [0.29, 0.717) is 5.75 Å². The molecule has 7 heavy (non-hydrogen) atoms. The minimum atomic E-state index is -0.645. The molecule has 40 valence electrons. The zero-order chi connectivity index (χ0) is 4.99. The van der Waals surface area contributed by atoms with Crippen molar-refractivity contribution < 1.29 is 29.7 Å². The number of hydrogen-bond acceptors (Lipinski definition) is 3. The molecule has 0 aromatic carbocycles. The molecule has 2 N–H and O–H groups in total. The van der Waals surface area contributed by atoms with Crippen LogP contribution in [0.5, 0.6) is 0 Å². The van der Waals surface area contributed by atoms with Gasteiger partial charge in [0.05, 0.1) is 12.7 Å². The van der Waals surface area contributed by atoms with Crippen molar-refractivity contribution in [3.05, 3.63) is 0 Å². The number of thiol groups is 1. The summed E-state index contributed by atoms with van der Waals surface area (Å²) in [5.41, 5.74) is 0. The van der Waals surface area contributed by atoms with Gasteiger partial charge in [0.1, 0.15) is 0 Å². The molecule has 0 aliphatic heterocycles. The van der Waals surface area contributed by atoms with E-state index < -0.39 is 6.10 Å². The van der Waals surface area contributed by atoms with Crippen molar-refractivity contribution in [2.75, 3.05) is 12.4 Å². The van der Waals surface area contributed by atoms with Crippen molar-refractivity contribution in [1.29, 1.82) is 0 Å². The molecule has 1 unspecified atom stereocenters. The summed E-state index contributed by atoms with van der Waals surface area (Å²) in [6.45, 7) is -0.191. The predicted molar refractivity (Wildman–Crippen MR) is 26.9 cm³/mol. The van der Waals surface area contributed by atoms with Crippen molar-refractivity contribution in [1.82, 2.24) is 0 Å². The molecule has 0 aliphatic carbocycles. The molecule has 2 nitrogen and oxygen atoms in total. The summed E-state index contributed by atoms with van der Waals surface area (Å²) in [7, 11) is 0. The normalized spacial score (nSPS) is 12.4. The van der Waals surface area contributed by atoms with Gasteiger partial charge in [-0.05, 0) is 0 Å². The van der Waals surface area contributed by atoms with Gasteiger partial charge in [0.2, 0.25) is 0 Å². The Balaban J connectivity index is 0. The average Bonchev–Trinajstić information content (AvgIpc) is 1.65. The molecule has 0 aromatic rings. The van der Waals surface area contributed by atoms with Crippen LogP contribution in [-0.2, 0) is 19.5 Å². The van der Waals surface area contributed by atoms with Crippen LogP contribution >= 0.6 is 12.6 Å². The number of aliphatic hydroxyl groups is 2. The third kappa shape index (κ3) is 6.89. The fraction of sp³-hybridized carbons (Fsp3) is 1.00. The van der Waals surface area contributed by atoms with Gasteiger partial charge >= 0.3 is 0 Å². The van der Waals surface area contributed by atoms with Gasteiger partial charge in [-0.2, -0.15) is 12.6 Å². The molecule has 0 fully saturated rings. The number of hydrogen-bond donors (Lipinski definition) is 3. The maximum Gasteiger partial charge on any atom is 0.0858 e. The molecule has 0 bridgehead atoms. The van der Waals surface area contributed by atoms with Crippen LogP contribution in [0.15, 0.2) is 0 Å². The third-order valence-electron chi connectivity index (χ3n) is 0.421. The van der Waals surface area contributed by atoms with Gasteiger partial charge in [0.15, 0.2) is 0 Å². The van der Waals surface area contributed by atoms with Crippen LogP contribution in [0.3, 0.4) is 0 Å². The first-order valence-corrected chi connectivity index (χ1v) is 2.34. The number of aliphatic hydroxyl groups excluding tert-OH is 2. The second-order valence-corrected chi connectivity index (χ2v) is 1.38. The third-order valence-corrected chi connectivity index (χ3v) is 0.843.